The first kappa shape index (κ1) is 37.3. The van der Waals surface area contributed by atoms with Crippen molar-refractivity contribution >= 4 is 10.8 Å². The third-order valence-corrected chi connectivity index (χ3v) is 10.2. The molecule has 3 unspecified atom stereocenters. The molecule has 45 heavy (non-hydrogen) atoms. The SMILES string of the molecule is CC1CCC(C)OC1.CC1COC(C)OC1.Cc1cc(C)c2c(C)c(C)c(C)cc2c1.Cc1cc2c(c(C)c1C)CCC(C)C2. The van der Waals surface area contributed by atoms with E-state index >= 15 is 0 Å². The lowest BCUT2D eigenvalue weighted by atomic mass is 9.80. The first-order valence-corrected chi connectivity index (χ1v) is 17.6. The molecular formula is C42H64O3. The fourth-order valence-corrected chi connectivity index (χ4v) is 6.78. The van der Waals surface area contributed by atoms with E-state index in [4.69, 9.17) is 14.2 Å². The van der Waals surface area contributed by atoms with Crippen LogP contribution in [-0.2, 0) is 27.1 Å². The van der Waals surface area contributed by atoms with Crippen molar-refractivity contribution < 1.29 is 14.2 Å². The van der Waals surface area contributed by atoms with Gasteiger partial charge < -0.3 is 14.2 Å². The van der Waals surface area contributed by atoms with E-state index in [9.17, 15) is 0 Å². The molecule has 6 rings (SSSR count). The quantitative estimate of drug-likeness (QED) is 0.251. The second-order valence-electron chi connectivity index (χ2n) is 14.7. The third-order valence-electron chi connectivity index (χ3n) is 10.2. The minimum atomic E-state index is 0.0196. The Morgan fingerprint density at radius 1 is 0.533 bits per heavy atom. The Labute approximate surface area is 276 Å². The molecule has 2 heterocycles. The molecule has 3 nitrogen and oxygen atoms in total. The fraction of sp³-hybridized carbons (Fsp3) is 0.619. The van der Waals surface area contributed by atoms with Gasteiger partial charge >= 0.3 is 0 Å². The monoisotopic (exact) mass is 616 g/mol. The average Bonchev–Trinajstić information content (AvgIpc) is 2.98. The Hall–Kier alpha value is -2.20. The molecule has 3 aromatic rings. The number of hydrogen-bond donors (Lipinski definition) is 0. The van der Waals surface area contributed by atoms with Gasteiger partial charge in [0.25, 0.3) is 0 Å². The Morgan fingerprint density at radius 3 is 1.71 bits per heavy atom. The van der Waals surface area contributed by atoms with Crippen molar-refractivity contribution in [3.63, 3.8) is 0 Å². The molecule has 3 aliphatic rings. The molecule has 3 atom stereocenters. The zero-order chi connectivity index (χ0) is 33.4. The van der Waals surface area contributed by atoms with Gasteiger partial charge in [0.05, 0.1) is 19.3 Å². The highest BCUT2D eigenvalue weighted by molar-refractivity contribution is 5.91. The minimum Gasteiger partial charge on any atom is -0.378 e. The zero-order valence-corrected chi connectivity index (χ0v) is 31.1. The van der Waals surface area contributed by atoms with E-state index in [2.05, 4.69) is 107 Å². The van der Waals surface area contributed by atoms with Gasteiger partial charge in [-0.3, -0.25) is 0 Å². The van der Waals surface area contributed by atoms with Crippen molar-refractivity contribution in [2.75, 3.05) is 19.8 Å². The molecule has 0 amide bonds. The van der Waals surface area contributed by atoms with Gasteiger partial charge in [-0.05, 0) is 174 Å². The first-order valence-electron chi connectivity index (χ1n) is 17.6. The van der Waals surface area contributed by atoms with E-state index in [0.29, 0.717) is 12.0 Å². The zero-order valence-electron chi connectivity index (χ0n) is 31.1. The smallest absolute Gasteiger partial charge is 0.154 e. The highest BCUT2D eigenvalue weighted by atomic mass is 16.7. The Balaban J connectivity index is 0.000000170. The van der Waals surface area contributed by atoms with Crippen molar-refractivity contribution in [3.8, 4) is 0 Å². The summed E-state index contributed by atoms with van der Waals surface area (Å²) in [5.41, 5.74) is 14.8. The van der Waals surface area contributed by atoms with Gasteiger partial charge in [-0.1, -0.05) is 50.6 Å². The maximum Gasteiger partial charge on any atom is 0.154 e. The second kappa shape index (κ2) is 17.1. The average molecular weight is 617 g/mol. The number of rotatable bonds is 0. The summed E-state index contributed by atoms with van der Waals surface area (Å²) >= 11 is 0. The van der Waals surface area contributed by atoms with Gasteiger partial charge in [-0.2, -0.15) is 0 Å². The Morgan fingerprint density at radius 2 is 1.13 bits per heavy atom. The summed E-state index contributed by atoms with van der Waals surface area (Å²) in [6.45, 7) is 31.2. The maximum absolute atomic E-state index is 5.39. The lowest BCUT2D eigenvalue weighted by Crippen LogP contribution is -2.27. The van der Waals surface area contributed by atoms with Gasteiger partial charge in [0.1, 0.15) is 0 Å². The lowest BCUT2D eigenvalue weighted by Gasteiger charge is -2.25. The summed E-state index contributed by atoms with van der Waals surface area (Å²) in [6.07, 6.45) is 7.09. The van der Waals surface area contributed by atoms with Gasteiger partial charge in [-0.15, -0.1) is 0 Å². The van der Waals surface area contributed by atoms with Crippen LogP contribution in [-0.4, -0.2) is 32.2 Å². The van der Waals surface area contributed by atoms with Crippen LogP contribution in [0.1, 0.15) is 110 Å². The first-order chi connectivity index (χ1) is 21.2. The van der Waals surface area contributed by atoms with Crippen LogP contribution in [0.15, 0.2) is 24.3 Å². The van der Waals surface area contributed by atoms with Gasteiger partial charge in [0, 0.05) is 12.5 Å². The van der Waals surface area contributed by atoms with E-state index in [1.807, 2.05) is 6.92 Å². The predicted molar refractivity (Wildman–Crippen MR) is 194 cm³/mol. The number of benzene rings is 3. The van der Waals surface area contributed by atoms with Gasteiger partial charge in [-0.25, -0.2) is 0 Å². The Kier molecular flexibility index (Phi) is 14.2. The van der Waals surface area contributed by atoms with Gasteiger partial charge in [0.15, 0.2) is 6.29 Å². The summed E-state index contributed by atoms with van der Waals surface area (Å²) in [4.78, 5) is 0. The summed E-state index contributed by atoms with van der Waals surface area (Å²) < 4.78 is 15.7. The third kappa shape index (κ3) is 10.7. The largest absolute Gasteiger partial charge is 0.378 e. The van der Waals surface area contributed by atoms with Crippen LogP contribution in [0.3, 0.4) is 0 Å². The van der Waals surface area contributed by atoms with E-state index in [1.54, 1.807) is 16.7 Å². The molecule has 3 aromatic carbocycles. The molecule has 0 bridgehead atoms. The van der Waals surface area contributed by atoms with Crippen LogP contribution in [0.25, 0.3) is 10.8 Å². The molecule has 250 valence electrons. The highest BCUT2D eigenvalue weighted by Crippen LogP contribution is 2.31. The molecule has 1 aliphatic carbocycles. The van der Waals surface area contributed by atoms with Crippen molar-refractivity contribution in [1.82, 2.24) is 0 Å². The van der Waals surface area contributed by atoms with E-state index < -0.39 is 0 Å². The number of aryl methyl sites for hydroxylation is 5. The van der Waals surface area contributed by atoms with Crippen molar-refractivity contribution in [3.05, 3.63) is 79.9 Å². The van der Waals surface area contributed by atoms with Crippen LogP contribution in [0.5, 0.6) is 0 Å². The molecular weight excluding hydrogens is 552 g/mol. The topological polar surface area (TPSA) is 27.7 Å². The lowest BCUT2D eigenvalue weighted by molar-refractivity contribution is -0.187. The molecule has 0 aromatic heterocycles. The van der Waals surface area contributed by atoms with Crippen LogP contribution in [0.2, 0.25) is 0 Å². The fourth-order valence-electron chi connectivity index (χ4n) is 6.78. The van der Waals surface area contributed by atoms with Crippen LogP contribution in [0, 0.1) is 73.1 Å². The normalized spacial score (nSPS) is 24.2. The molecule has 0 radical (unpaired) electrons. The molecule has 2 fully saturated rings. The van der Waals surface area contributed by atoms with Crippen LogP contribution < -0.4 is 0 Å². The summed E-state index contributed by atoms with van der Waals surface area (Å²) in [7, 11) is 0. The molecule has 0 spiro atoms. The summed E-state index contributed by atoms with van der Waals surface area (Å²) in [5, 5.41) is 2.82. The summed E-state index contributed by atoms with van der Waals surface area (Å²) in [5.74, 6) is 2.25. The molecule has 0 N–H and O–H groups in total. The highest BCUT2D eigenvalue weighted by Gasteiger charge is 2.18. The van der Waals surface area contributed by atoms with Crippen LogP contribution in [0.4, 0.5) is 0 Å². The van der Waals surface area contributed by atoms with Crippen molar-refractivity contribution in [1.29, 1.82) is 0 Å². The van der Waals surface area contributed by atoms with E-state index in [1.165, 1.54) is 81.8 Å². The Bertz CT molecular complexity index is 1350. The number of fused-ring (bicyclic) bond motifs is 2. The standard InChI is InChI=1S/C15H18.C14H20.C7H14O.C6H12O2/c1-9-6-11(3)15-13(5)12(4)10(2)8-14(15)7-9;1-9-5-6-14-12(4)11(3)10(2)8-13(14)7-9;1-6-3-4-7(2)8-5-6;1-5-3-7-6(2)8-4-5/h6-8H,1-5H3;8-9H,5-7H2,1-4H3;6-7H,3-5H2,1-2H3;5-6H,3-4H2,1-2H3. The van der Waals surface area contributed by atoms with Crippen molar-refractivity contribution in [2.45, 2.75) is 135 Å². The van der Waals surface area contributed by atoms with E-state index in [0.717, 1.165) is 31.7 Å². The predicted octanol–water partition coefficient (Wildman–Crippen LogP) is 11.0. The maximum atomic E-state index is 5.39. The second-order valence-corrected chi connectivity index (χ2v) is 14.7. The number of hydrogen-bond acceptors (Lipinski definition) is 3. The van der Waals surface area contributed by atoms with E-state index in [-0.39, 0.29) is 6.29 Å². The minimum absolute atomic E-state index is 0.0196. The van der Waals surface area contributed by atoms with Crippen LogP contribution >= 0.6 is 0 Å². The van der Waals surface area contributed by atoms with Gasteiger partial charge in [0.2, 0.25) is 0 Å². The molecule has 0 saturated carbocycles. The number of ether oxygens (including phenoxy) is 3. The molecule has 2 saturated heterocycles. The molecule has 2 aliphatic heterocycles. The van der Waals surface area contributed by atoms with Crippen molar-refractivity contribution in [2.24, 2.45) is 17.8 Å². The molecule has 3 heteroatoms. The summed E-state index contributed by atoms with van der Waals surface area (Å²) in [6, 6.07) is 9.26.